The molecule has 8 heteroatoms. The summed E-state index contributed by atoms with van der Waals surface area (Å²) in [5.74, 6) is 0. The summed E-state index contributed by atoms with van der Waals surface area (Å²) >= 11 is 6.33. The van der Waals surface area contributed by atoms with E-state index in [9.17, 15) is 13.2 Å². The fraction of sp³-hybridized carbons (Fsp3) is 0.333. The molecule has 0 heterocycles. The van der Waals surface area contributed by atoms with Gasteiger partial charge >= 0.3 is 6.18 Å². The average Bonchev–Trinajstić information content (AvgIpc) is 2.18. The highest BCUT2D eigenvalue weighted by atomic mass is 79.9. The molecule has 0 aliphatic rings. The second-order valence-corrected chi connectivity index (χ2v) is 4.89. The molecule has 0 spiro atoms. The Hall–Kier alpha value is 0.180. The summed E-state index contributed by atoms with van der Waals surface area (Å²) in [5, 5.41) is 8.99. The number of nitrogens with two attached hydrogens (primary N) is 1. The lowest BCUT2D eigenvalue weighted by atomic mass is 10.0. The predicted molar refractivity (Wildman–Crippen MR) is 68.1 cm³/mol. The molecule has 0 aliphatic carbocycles. The first-order valence-electron chi connectivity index (χ1n) is 4.19. The van der Waals surface area contributed by atoms with E-state index in [1.165, 1.54) is 12.1 Å². The first-order valence-corrected chi connectivity index (χ1v) is 5.77. The van der Waals surface area contributed by atoms with E-state index in [1.807, 2.05) is 0 Å². The molecule has 0 radical (unpaired) electrons. The summed E-state index contributed by atoms with van der Waals surface area (Å²) in [6.07, 6.45) is -7.29. The average molecular weight is 399 g/mol. The van der Waals surface area contributed by atoms with Gasteiger partial charge in [-0.25, -0.2) is 0 Å². The van der Waals surface area contributed by atoms with Crippen LogP contribution in [0, 0.1) is 0 Å². The molecule has 1 aromatic rings. The van der Waals surface area contributed by atoms with Crippen LogP contribution in [0.15, 0.2) is 27.1 Å². The molecule has 17 heavy (non-hydrogen) atoms. The molecule has 0 amide bonds. The van der Waals surface area contributed by atoms with Gasteiger partial charge in [-0.1, -0.05) is 6.07 Å². The quantitative estimate of drug-likeness (QED) is 0.799. The minimum atomic E-state index is -4.72. The van der Waals surface area contributed by atoms with Crippen LogP contribution in [0.2, 0.25) is 0 Å². The first-order chi connectivity index (χ1) is 7.23. The van der Waals surface area contributed by atoms with Crippen molar-refractivity contribution < 1.29 is 18.3 Å². The summed E-state index contributed by atoms with van der Waals surface area (Å²) in [5.41, 5.74) is 5.55. The van der Waals surface area contributed by atoms with Gasteiger partial charge in [0.05, 0.1) is 6.04 Å². The lowest BCUT2D eigenvalue weighted by Crippen LogP contribution is -2.38. The molecule has 1 aromatic carbocycles. The zero-order valence-corrected chi connectivity index (χ0v) is 12.2. The smallest absolute Gasteiger partial charge is 0.382 e. The molecule has 1 rings (SSSR count). The molecule has 0 fully saturated rings. The molecule has 0 aliphatic heterocycles. The van der Waals surface area contributed by atoms with Crippen molar-refractivity contribution in [2.75, 3.05) is 0 Å². The summed E-state index contributed by atoms with van der Waals surface area (Å²) in [7, 11) is 0. The van der Waals surface area contributed by atoms with Crippen molar-refractivity contribution in [2.45, 2.75) is 18.3 Å². The Labute approximate surface area is 119 Å². The summed E-state index contributed by atoms with van der Waals surface area (Å²) in [6.45, 7) is 0. The van der Waals surface area contributed by atoms with Crippen molar-refractivity contribution in [1.29, 1.82) is 0 Å². The molecule has 0 aromatic heterocycles. The SMILES string of the molecule is Cl.N[C@@H](c1ccc(Br)c(Br)c1)[C@H](O)C(F)(F)F. The van der Waals surface area contributed by atoms with Gasteiger partial charge in [-0.15, -0.1) is 12.4 Å². The van der Waals surface area contributed by atoms with Crippen LogP contribution in [-0.4, -0.2) is 17.4 Å². The number of halogens is 6. The lowest BCUT2D eigenvalue weighted by Gasteiger charge is -2.21. The topological polar surface area (TPSA) is 46.2 Å². The molecule has 2 nitrogen and oxygen atoms in total. The van der Waals surface area contributed by atoms with E-state index in [0.29, 0.717) is 8.95 Å². The number of hydrogen-bond donors (Lipinski definition) is 2. The number of aliphatic hydroxyl groups excluding tert-OH is 1. The predicted octanol–water partition coefficient (Wildman–Crippen LogP) is 3.56. The summed E-state index contributed by atoms with van der Waals surface area (Å²) in [4.78, 5) is 0. The molecular weight excluding hydrogens is 390 g/mol. The van der Waals surface area contributed by atoms with E-state index < -0.39 is 18.3 Å². The van der Waals surface area contributed by atoms with Gasteiger partial charge in [-0.2, -0.15) is 13.2 Å². The van der Waals surface area contributed by atoms with Crippen molar-refractivity contribution in [1.82, 2.24) is 0 Å². The Balaban J connectivity index is 0.00000256. The highest BCUT2D eigenvalue weighted by Crippen LogP contribution is 2.31. The van der Waals surface area contributed by atoms with Crippen LogP contribution in [0.5, 0.6) is 0 Å². The monoisotopic (exact) mass is 397 g/mol. The van der Waals surface area contributed by atoms with Crippen molar-refractivity contribution in [3.05, 3.63) is 32.7 Å². The molecular formula is C9H9Br2ClF3NO. The van der Waals surface area contributed by atoms with E-state index in [1.54, 1.807) is 6.07 Å². The third kappa shape index (κ3) is 4.40. The van der Waals surface area contributed by atoms with Crippen LogP contribution in [0.4, 0.5) is 13.2 Å². The van der Waals surface area contributed by atoms with Crippen molar-refractivity contribution >= 4 is 44.3 Å². The second-order valence-electron chi connectivity index (χ2n) is 3.19. The summed E-state index contributed by atoms with van der Waals surface area (Å²) < 4.78 is 37.9. The molecule has 98 valence electrons. The van der Waals surface area contributed by atoms with Gasteiger partial charge in [0, 0.05) is 8.95 Å². The molecule has 0 saturated heterocycles. The van der Waals surface area contributed by atoms with Gasteiger partial charge in [0.2, 0.25) is 0 Å². The maximum absolute atomic E-state index is 12.2. The molecule has 0 bridgehead atoms. The molecule has 3 N–H and O–H groups in total. The minimum Gasteiger partial charge on any atom is -0.382 e. The van der Waals surface area contributed by atoms with Crippen LogP contribution in [-0.2, 0) is 0 Å². The Morgan fingerprint density at radius 3 is 2.12 bits per heavy atom. The highest BCUT2D eigenvalue weighted by molar-refractivity contribution is 9.13. The largest absolute Gasteiger partial charge is 0.416 e. The van der Waals surface area contributed by atoms with E-state index in [2.05, 4.69) is 31.9 Å². The fourth-order valence-electron chi connectivity index (χ4n) is 1.11. The second kappa shape index (κ2) is 6.38. The van der Waals surface area contributed by atoms with Crippen LogP contribution in [0.25, 0.3) is 0 Å². The fourth-order valence-corrected chi connectivity index (χ4v) is 1.75. The van der Waals surface area contributed by atoms with E-state index in [4.69, 9.17) is 10.8 Å². The number of benzene rings is 1. The van der Waals surface area contributed by atoms with E-state index >= 15 is 0 Å². The molecule has 0 unspecified atom stereocenters. The van der Waals surface area contributed by atoms with Crippen LogP contribution >= 0.6 is 44.3 Å². The van der Waals surface area contributed by atoms with Gasteiger partial charge in [-0.05, 0) is 49.6 Å². The van der Waals surface area contributed by atoms with E-state index in [-0.39, 0.29) is 18.0 Å². The van der Waals surface area contributed by atoms with Gasteiger partial charge in [0.25, 0.3) is 0 Å². The van der Waals surface area contributed by atoms with Crippen LogP contribution in [0.3, 0.4) is 0 Å². The third-order valence-corrected chi connectivity index (χ3v) is 3.88. The van der Waals surface area contributed by atoms with Gasteiger partial charge in [0.15, 0.2) is 6.10 Å². The first kappa shape index (κ1) is 17.2. The third-order valence-electron chi connectivity index (χ3n) is 2.00. The van der Waals surface area contributed by atoms with Crippen molar-refractivity contribution in [2.24, 2.45) is 5.73 Å². The molecule has 0 saturated carbocycles. The van der Waals surface area contributed by atoms with E-state index in [0.717, 1.165) is 0 Å². The standard InChI is InChI=1S/C9H8Br2F3NO.ClH/c10-5-2-1-4(3-6(5)11)7(15)8(16)9(12,13)14;/h1-3,7-8,16H,15H2;1H/t7-,8-;/m0./s1. The zero-order valence-electron chi connectivity index (χ0n) is 8.21. The Bertz CT molecular complexity index is 389. The van der Waals surface area contributed by atoms with Crippen molar-refractivity contribution in [3.8, 4) is 0 Å². The molecule has 2 atom stereocenters. The Kier molecular flexibility index (Phi) is 6.44. The number of aliphatic hydroxyl groups is 1. The van der Waals surface area contributed by atoms with Crippen LogP contribution in [0.1, 0.15) is 11.6 Å². The number of rotatable bonds is 2. The Morgan fingerprint density at radius 1 is 1.18 bits per heavy atom. The lowest BCUT2D eigenvalue weighted by molar-refractivity contribution is -0.210. The number of hydrogen-bond acceptors (Lipinski definition) is 2. The van der Waals surface area contributed by atoms with Crippen LogP contribution < -0.4 is 5.73 Å². The normalized spacial score (nSPS) is 15.0. The maximum Gasteiger partial charge on any atom is 0.416 e. The van der Waals surface area contributed by atoms with Gasteiger partial charge in [-0.3, -0.25) is 0 Å². The maximum atomic E-state index is 12.2. The number of alkyl halides is 3. The zero-order chi connectivity index (χ0) is 12.5. The Morgan fingerprint density at radius 2 is 1.71 bits per heavy atom. The minimum absolute atomic E-state index is 0. The summed E-state index contributed by atoms with van der Waals surface area (Å²) in [6, 6.07) is 2.92. The van der Waals surface area contributed by atoms with Crippen molar-refractivity contribution in [3.63, 3.8) is 0 Å². The highest BCUT2D eigenvalue weighted by Gasteiger charge is 2.42. The van der Waals surface area contributed by atoms with Gasteiger partial charge in [0.1, 0.15) is 0 Å². The van der Waals surface area contributed by atoms with Gasteiger partial charge < -0.3 is 10.8 Å².